The molecule has 6 heteroatoms. The van der Waals surface area contributed by atoms with Crippen molar-refractivity contribution < 1.29 is 13.2 Å². The summed E-state index contributed by atoms with van der Waals surface area (Å²) in [6.45, 7) is 0. The molecule has 1 rings (SSSR count). The minimum atomic E-state index is -4.34. The zero-order chi connectivity index (χ0) is 8.48. The van der Waals surface area contributed by atoms with E-state index in [0.717, 1.165) is 6.20 Å². The lowest BCUT2D eigenvalue weighted by Crippen LogP contribution is -2.02. The molecule has 0 saturated carbocycles. The average Bonchev–Trinajstić information content (AvgIpc) is 2.32. The van der Waals surface area contributed by atoms with E-state index in [0.29, 0.717) is 16.2 Å². The van der Waals surface area contributed by atoms with Crippen LogP contribution in [0, 0.1) is 0 Å². The van der Waals surface area contributed by atoms with Crippen LogP contribution in [0.15, 0.2) is 6.20 Å². The Kier molecular flexibility index (Phi) is 2.39. The van der Waals surface area contributed by atoms with Crippen LogP contribution in [0.5, 0.6) is 0 Å². The second-order valence-corrected chi connectivity index (χ2v) is 3.15. The highest BCUT2D eigenvalue weighted by molar-refractivity contribution is 7.11. The Hall–Kier alpha value is -0.290. The standard InChI is InChI=1S/C5H3ClF3NS/c6-1-3-2-10-4(11-3)5(7,8)9/h2H,1H2. The van der Waals surface area contributed by atoms with Gasteiger partial charge in [0, 0.05) is 11.1 Å². The van der Waals surface area contributed by atoms with E-state index in [1.807, 2.05) is 0 Å². The first kappa shape index (κ1) is 8.80. The average molecular weight is 202 g/mol. The van der Waals surface area contributed by atoms with Crippen LogP contribution in [0.25, 0.3) is 0 Å². The molecule has 11 heavy (non-hydrogen) atoms. The monoisotopic (exact) mass is 201 g/mol. The molecule has 0 aliphatic heterocycles. The molecule has 1 aromatic heterocycles. The number of hydrogen-bond donors (Lipinski definition) is 0. The Morgan fingerprint density at radius 1 is 1.55 bits per heavy atom. The molecule has 1 aromatic rings. The summed E-state index contributed by atoms with van der Waals surface area (Å²) in [5.74, 6) is 0.0771. The van der Waals surface area contributed by atoms with Gasteiger partial charge < -0.3 is 0 Å². The van der Waals surface area contributed by atoms with Crippen LogP contribution in [-0.4, -0.2) is 4.98 Å². The summed E-state index contributed by atoms with van der Waals surface area (Å²) in [5, 5.41) is -0.840. The van der Waals surface area contributed by atoms with Crippen molar-refractivity contribution >= 4 is 22.9 Å². The molecule has 1 nitrogen and oxygen atoms in total. The van der Waals surface area contributed by atoms with Gasteiger partial charge in [-0.25, -0.2) is 4.98 Å². The van der Waals surface area contributed by atoms with Crippen molar-refractivity contribution in [3.63, 3.8) is 0 Å². The van der Waals surface area contributed by atoms with Crippen molar-refractivity contribution in [1.82, 2.24) is 4.98 Å². The molecule has 0 saturated heterocycles. The van der Waals surface area contributed by atoms with Crippen LogP contribution < -0.4 is 0 Å². The first-order chi connectivity index (χ1) is 5.04. The quantitative estimate of drug-likeness (QED) is 0.637. The van der Waals surface area contributed by atoms with E-state index in [1.54, 1.807) is 0 Å². The van der Waals surface area contributed by atoms with Gasteiger partial charge in [-0.1, -0.05) is 0 Å². The van der Waals surface area contributed by atoms with E-state index in [1.165, 1.54) is 0 Å². The van der Waals surface area contributed by atoms with Gasteiger partial charge in [0.2, 0.25) is 0 Å². The number of rotatable bonds is 1. The van der Waals surface area contributed by atoms with Crippen molar-refractivity contribution in [2.75, 3.05) is 0 Å². The van der Waals surface area contributed by atoms with Gasteiger partial charge in [-0.2, -0.15) is 13.2 Å². The molecule has 0 radical (unpaired) electrons. The highest BCUT2D eigenvalue weighted by Gasteiger charge is 2.34. The topological polar surface area (TPSA) is 12.9 Å². The molecule has 0 bridgehead atoms. The number of aromatic nitrogens is 1. The molecule has 62 valence electrons. The molecule has 0 unspecified atom stereocenters. The summed E-state index contributed by atoms with van der Waals surface area (Å²) < 4.78 is 35.5. The van der Waals surface area contributed by atoms with Gasteiger partial charge in [-0.05, 0) is 0 Å². The lowest BCUT2D eigenvalue weighted by molar-refractivity contribution is -0.137. The van der Waals surface area contributed by atoms with Crippen molar-refractivity contribution in [2.45, 2.75) is 12.1 Å². The summed E-state index contributed by atoms with van der Waals surface area (Å²) in [5.41, 5.74) is 0. The fourth-order valence-electron chi connectivity index (χ4n) is 0.500. The van der Waals surface area contributed by atoms with Crippen LogP contribution in [0.4, 0.5) is 13.2 Å². The van der Waals surface area contributed by atoms with Crippen LogP contribution in [0.3, 0.4) is 0 Å². The van der Waals surface area contributed by atoms with E-state index in [-0.39, 0.29) is 5.88 Å². The van der Waals surface area contributed by atoms with Crippen molar-refractivity contribution in [3.8, 4) is 0 Å². The van der Waals surface area contributed by atoms with Crippen LogP contribution in [-0.2, 0) is 12.1 Å². The van der Waals surface area contributed by atoms with Gasteiger partial charge >= 0.3 is 6.18 Å². The number of hydrogen-bond acceptors (Lipinski definition) is 2. The summed E-state index contributed by atoms with van der Waals surface area (Å²) in [6, 6.07) is 0. The van der Waals surface area contributed by atoms with E-state index < -0.39 is 11.2 Å². The molecule has 1 heterocycles. The molecular weight excluding hydrogens is 199 g/mol. The van der Waals surface area contributed by atoms with E-state index >= 15 is 0 Å². The third-order valence-corrected chi connectivity index (χ3v) is 2.42. The number of halogens is 4. The molecule has 0 aromatic carbocycles. The maximum Gasteiger partial charge on any atom is 0.443 e. The van der Waals surface area contributed by atoms with Gasteiger partial charge in [0.25, 0.3) is 0 Å². The second kappa shape index (κ2) is 2.98. The predicted octanol–water partition coefficient (Wildman–Crippen LogP) is 2.90. The predicted molar refractivity (Wildman–Crippen MR) is 36.7 cm³/mol. The van der Waals surface area contributed by atoms with Crippen molar-refractivity contribution in [2.24, 2.45) is 0 Å². The molecule has 0 aliphatic carbocycles. The molecule has 0 fully saturated rings. The number of thiazole rings is 1. The van der Waals surface area contributed by atoms with Gasteiger partial charge in [0.05, 0.1) is 5.88 Å². The van der Waals surface area contributed by atoms with Crippen molar-refractivity contribution in [3.05, 3.63) is 16.1 Å². The minimum absolute atomic E-state index is 0.0771. The van der Waals surface area contributed by atoms with Gasteiger partial charge in [0.1, 0.15) is 0 Å². The number of alkyl halides is 4. The molecular formula is C5H3ClF3NS. The highest BCUT2D eigenvalue weighted by Crippen LogP contribution is 2.32. The Balaban J connectivity index is 2.89. The Morgan fingerprint density at radius 2 is 2.18 bits per heavy atom. The molecule has 0 aliphatic rings. The Bertz CT molecular complexity index is 244. The Morgan fingerprint density at radius 3 is 2.45 bits per heavy atom. The summed E-state index contributed by atoms with van der Waals surface area (Å²) >= 11 is 5.87. The fourth-order valence-corrected chi connectivity index (χ4v) is 1.36. The molecule has 0 N–H and O–H groups in total. The van der Waals surface area contributed by atoms with E-state index in [2.05, 4.69) is 4.98 Å². The third-order valence-electron chi connectivity index (χ3n) is 0.928. The second-order valence-electron chi connectivity index (χ2n) is 1.76. The smallest absolute Gasteiger partial charge is 0.240 e. The number of nitrogens with zero attached hydrogens (tertiary/aromatic N) is 1. The van der Waals surface area contributed by atoms with Crippen molar-refractivity contribution in [1.29, 1.82) is 0 Å². The van der Waals surface area contributed by atoms with Gasteiger partial charge in [0.15, 0.2) is 5.01 Å². The largest absolute Gasteiger partial charge is 0.443 e. The lowest BCUT2D eigenvalue weighted by atomic mass is 10.6. The first-order valence-electron chi connectivity index (χ1n) is 2.62. The zero-order valence-corrected chi connectivity index (χ0v) is 6.72. The van der Waals surface area contributed by atoms with Crippen LogP contribution in [0.2, 0.25) is 0 Å². The van der Waals surface area contributed by atoms with Gasteiger partial charge in [-0.3, -0.25) is 0 Å². The normalized spacial score (nSPS) is 12.0. The Labute approximate surface area is 69.8 Å². The van der Waals surface area contributed by atoms with E-state index in [9.17, 15) is 13.2 Å². The minimum Gasteiger partial charge on any atom is -0.240 e. The van der Waals surface area contributed by atoms with Crippen LogP contribution >= 0.6 is 22.9 Å². The lowest BCUT2D eigenvalue weighted by Gasteiger charge is -1.98. The SMILES string of the molecule is FC(F)(F)c1ncc(CCl)s1. The zero-order valence-electron chi connectivity index (χ0n) is 5.15. The summed E-state index contributed by atoms with van der Waals surface area (Å²) in [6.07, 6.45) is -3.20. The molecule has 0 atom stereocenters. The summed E-state index contributed by atoms with van der Waals surface area (Å²) in [7, 11) is 0. The van der Waals surface area contributed by atoms with Gasteiger partial charge in [-0.15, -0.1) is 22.9 Å². The third kappa shape index (κ3) is 2.07. The fraction of sp³-hybridized carbons (Fsp3) is 0.400. The highest BCUT2D eigenvalue weighted by atomic mass is 35.5. The van der Waals surface area contributed by atoms with E-state index in [4.69, 9.17) is 11.6 Å². The summed E-state index contributed by atoms with van der Waals surface area (Å²) in [4.78, 5) is 3.60. The van der Waals surface area contributed by atoms with Crippen LogP contribution in [0.1, 0.15) is 9.88 Å². The molecule has 0 amide bonds. The maximum atomic E-state index is 11.8. The molecule has 0 spiro atoms. The first-order valence-corrected chi connectivity index (χ1v) is 3.97. The maximum absolute atomic E-state index is 11.8.